The molecule has 1 saturated carbocycles. The van der Waals surface area contributed by atoms with Gasteiger partial charge in [-0.2, -0.15) is 0 Å². The molecule has 3 atom stereocenters. The van der Waals surface area contributed by atoms with Gasteiger partial charge >= 0.3 is 0 Å². The van der Waals surface area contributed by atoms with Gasteiger partial charge in [0, 0.05) is 0 Å². The molecule has 18 heavy (non-hydrogen) atoms. The Labute approximate surface area is 110 Å². The molecule has 1 N–H and O–H groups in total. The topological polar surface area (TPSA) is 29.5 Å². The Balaban J connectivity index is 2.15. The largest absolute Gasteiger partial charge is 0.497 e. The number of benzene rings is 1. The standard InChI is InChI=1S/C16H24O2/c1-11-5-4-6-13(9-11)16(17)15-8-7-14(18-3)10-12(15)2/h7-8,10-11,13,16-17H,4-6,9H2,1-3H3. The van der Waals surface area contributed by atoms with Gasteiger partial charge in [-0.3, -0.25) is 0 Å². The second kappa shape index (κ2) is 5.75. The summed E-state index contributed by atoms with van der Waals surface area (Å²) in [6, 6.07) is 5.96. The van der Waals surface area contributed by atoms with E-state index in [9.17, 15) is 5.11 Å². The number of aliphatic hydroxyl groups is 1. The second-order valence-electron chi connectivity index (χ2n) is 5.70. The SMILES string of the molecule is COc1ccc(C(O)C2CCCC(C)C2)c(C)c1. The smallest absolute Gasteiger partial charge is 0.119 e. The van der Waals surface area contributed by atoms with Crippen LogP contribution in [0.4, 0.5) is 0 Å². The van der Waals surface area contributed by atoms with Crippen LogP contribution in [0.1, 0.15) is 49.8 Å². The van der Waals surface area contributed by atoms with Crippen molar-refractivity contribution in [3.05, 3.63) is 29.3 Å². The van der Waals surface area contributed by atoms with Crippen LogP contribution in [0.5, 0.6) is 5.75 Å². The fourth-order valence-corrected chi connectivity index (χ4v) is 3.13. The van der Waals surface area contributed by atoms with Crippen LogP contribution in [-0.2, 0) is 0 Å². The fourth-order valence-electron chi connectivity index (χ4n) is 3.13. The average molecular weight is 248 g/mol. The Morgan fingerprint density at radius 3 is 2.72 bits per heavy atom. The number of aliphatic hydroxyl groups excluding tert-OH is 1. The van der Waals surface area contributed by atoms with Crippen LogP contribution in [0.25, 0.3) is 0 Å². The molecule has 2 heteroatoms. The predicted octanol–water partition coefficient (Wildman–Crippen LogP) is 3.86. The van der Waals surface area contributed by atoms with Crippen LogP contribution in [0.2, 0.25) is 0 Å². The van der Waals surface area contributed by atoms with E-state index in [0.29, 0.717) is 5.92 Å². The number of hydrogen-bond donors (Lipinski definition) is 1. The van der Waals surface area contributed by atoms with Crippen molar-refractivity contribution >= 4 is 0 Å². The summed E-state index contributed by atoms with van der Waals surface area (Å²) in [5.74, 6) is 2.03. The first-order valence-electron chi connectivity index (χ1n) is 6.94. The summed E-state index contributed by atoms with van der Waals surface area (Å²) in [5.41, 5.74) is 2.19. The van der Waals surface area contributed by atoms with Crippen molar-refractivity contribution in [3.8, 4) is 5.75 Å². The maximum Gasteiger partial charge on any atom is 0.119 e. The third kappa shape index (κ3) is 2.86. The third-order valence-corrected chi connectivity index (χ3v) is 4.22. The molecule has 0 aliphatic heterocycles. The van der Waals surface area contributed by atoms with E-state index in [1.165, 1.54) is 12.8 Å². The molecule has 1 aliphatic rings. The molecule has 0 spiro atoms. The molecule has 0 saturated heterocycles. The molecule has 1 aromatic rings. The second-order valence-corrected chi connectivity index (χ2v) is 5.70. The number of hydrogen-bond acceptors (Lipinski definition) is 2. The summed E-state index contributed by atoms with van der Waals surface area (Å²) < 4.78 is 5.21. The molecule has 0 heterocycles. The lowest BCUT2D eigenvalue weighted by Crippen LogP contribution is -2.20. The fraction of sp³-hybridized carbons (Fsp3) is 0.625. The van der Waals surface area contributed by atoms with Crippen molar-refractivity contribution in [2.24, 2.45) is 11.8 Å². The van der Waals surface area contributed by atoms with E-state index >= 15 is 0 Å². The minimum Gasteiger partial charge on any atom is -0.497 e. The molecule has 2 rings (SSSR count). The first kappa shape index (κ1) is 13.4. The Morgan fingerprint density at radius 2 is 2.11 bits per heavy atom. The predicted molar refractivity (Wildman–Crippen MR) is 73.8 cm³/mol. The molecule has 0 bridgehead atoms. The van der Waals surface area contributed by atoms with Crippen LogP contribution in [0.3, 0.4) is 0 Å². The van der Waals surface area contributed by atoms with E-state index in [2.05, 4.69) is 6.92 Å². The highest BCUT2D eigenvalue weighted by atomic mass is 16.5. The molecular weight excluding hydrogens is 224 g/mol. The van der Waals surface area contributed by atoms with E-state index in [1.807, 2.05) is 25.1 Å². The molecule has 0 aromatic heterocycles. The summed E-state index contributed by atoms with van der Waals surface area (Å²) in [7, 11) is 1.67. The average Bonchev–Trinajstić information content (AvgIpc) is 2.37. The molecule has 1 fully saturated rings. The first-order chi connectivity index (χ1) is 8.61. The molecule has 0 radical (unpaired) electrons. The van der Waals surface area contributed by atoms with Crippen LogP contribution in [-0.4, -0.2) is 12.2 Å². The van der Waals surface area contributed by atoms with Gasteiger partial charge in [-0.25, -0.2) is 0 Å². The maximum atomic E-state index is 10.6. The molecule has 1 aliphatic carbocycles. The van der Waals surface area contributed by atoms with Gasteiger partial charge in [-0.15, -0.1) is 0 Å². The maximum absolute atomic E-state index is 10.6. The first-order valence-corrected chi connectivity index (χ1v) is 6.94. The zero-order valence-corrected chi connectivity index (χ0v) is 11.6. The Morgan fingerprint density at radius 1 is 1.33 bits per heavy atom. The van der Waals surface area contributed by atoms with Crippen molar-refractivity contribution in [2.75, 3.05) is 7.11 Å². The number of ether oxygens (including phenoxy) is 1. The normalized spacial score (nSPS) is 25.8. The summed E-state index contributed by atoms with van der Waals surface area (Å²) in [6.07, 6.45) is 4.53. The Kier molecular flexibility index (Phi) is 4.28. The van der Waals surface area contributed by atoms with Gasteiger partial charge in [0.15, 0.2) is 0 Å². The monoisotopic (exact) mass is 248 g/mol. The van der Waals surface area contributed by atoms with Crippen LogP contribution in [0, 0.1) is 18.8 Å². The lowest BCUT2D eigenvalue weighted by atomic mass is 9.77. The van der Waals surface area contributed by atoms with Gasteiger partial charge < -0.3 is 9.84 Å². The lowest BCUT2D eigenvalue weighted by molar-refractivity contribution is 0.0709. The molecule has 100 valence electrons. The Bertz CT molecular complexity index is 400. The van der Waals surface area contributed by atoms with Gasteiger partial charge in [0.2, 0.25) is 0 Å². The quantitative estimate of drug-likeness (QED) is 0.880. The van der Waals surface area contributed by atoms with Gasteiger partial charge in [0.1, 0.15) is 5.75 Å². The van der Waals surface area contributed by atoms with E-state index < -0.39 is 0 Å². The highest BCUT2D eigenvalue weighted by molar-refractivity contribution is 5.36. The van der Waals surface area contributed by atoms with Crippen LogP contribution >= 0.6 is 0 Å². The number of rotatable bonds is 3. The van der Waals surface area contributed by atoms with Gasteiger partial charge in [-0.1, -0.05) is 25.8 Å². The molecular formula is C16H24O2. The van der Waals surface area contributed by atoms with Crippen molar-refractivity contribution in [3.63, 3.8) is 0 Å². The summed E-state index contributed by atoms with van der Waals surface area (Å²) in [4.78, 5) is 0. The zero-order valence-electron chi connectivity index (χ0n) is 11.6. The van der Waals surface area contributed by atoms with Crippen LogP contribution in [0.15, 0.2) is 18.2 Å². The highest BCUT2D eigenvalue weighted by Crippen LogP contribution is 2.38. The van der Waals surface area contributed by atoms with E-state index in [1.54, 1.807) is 7.11 Å². The minimum atomic E-state index is -0.321. The van der Waals surface area contributed by atoms with E-state index in [0.717, 1.165) is 35.6 Å². The van der Waals surface area contributed by atoms with Gasteiger partial charge in [0.05, 0.1) is 13.2 Å². The summed E-state index contributed by atoms with van der Waals surface area (Å²) in [5, 5.41) is 10.6. The van der Waals surface area contributed by atoms with Crippen molar-refractivity contribution in [1.29, 1.82) is 0 Å². The van der Waals surface area contributed by atoms with Gasteiger partial charge in [0.25, 0.3) is 0 Å². The summed E-state index contributed by atoms with van der Waals surface area (Å²) >= 11 is 0. The number of aryl methyl sites for hydroxylation is 1. The molecule has 0 amide bonds. The highest BCUT2D eigenvalue weighted by Gasteiger charge is 2.27. The van der Waals surface area contributed by atoms with E-state index in [4.69, 9.17) is 4.74 Å². The van der Waals surface area contributed by atoms with Crippen molar-refractivity contribution in [2.45, 2.75) is 45.6 Å². The van der Waals surface area contributed by atoms with Gasteiger partial charge in [-0.05, 0) is 54.9 Å². The van der Waals surface area contributed by atoms with Crippen molar-refractivity contribution < 1.29 is 9.84 Å². The van der Waals surface area contributed by atoms with Crippen LogP contribution < -0.4 is 4.74 Å². The Hall–Kier alpha value is -1.02. The van der Waals surface area contributed by atoms with Crippen molar-refractivity contribution in [1.82, 2.24) is 0 Å². The molecule has 1 aromatic carbocycles. The number of methoxy groups -OCH3 is 1. The lowest BCUT2D eigenvalue weighted by Gasteiger charge is -2.31. The molecule has 3 unspecified atom stereocenters. The van der Waals surface area contributed by atoms with E-state index in [-0.39, 0.29) is 6.10 Å². The third-order valence-electron chi connectivity index (χ3n) is 4.22. The molecule has 2 nitrogen and oxygen atoms in total. The minimum absolute atomic E-state index is 0.321. The summed E-state index contributed by atoms with van der Waals surface area (Å²) in [6.45, 7) is 4.34. The zero-order chi connectivity index (χ0) is 13.1.